The number of anilines is 1. The first kappa shape index (κ1) is 12.8. The highest BCUT2D eigenvalue weighted by atomic mass is 32.2. The van der Waals surface area contributed by atoms with Gasteiger partial charge in [0.2, 0.25) is 10.0 Å². The maximum absolute atomic E-state index is 12.0. The van der Waals surface area contributed by atoms with Gasteiger partial charge in [0, 0.05) is 19.6 Å². The molecule has 0 fully saturated rings. The SMILES string of the molecule is O=C(O)CS(=O)(=O)N1CCNCc2ccccc21. The monoisotopic (exact) mass is 270 g/mol. The smallest absolute Gasteiger partial charge is 0.320 e. The summed E-state index contributed by atoms with van der Waals surface area (Å²) in [6.07, 6.45) is 0. The third kappa shape index (κ3) is 2.62. The fraction of sp³-hybridized carbons (Fsp3) is 0.364. The molecule has 1 aromatic carbocycles. The van der Waals surface area contributed by atoms with Gasteiger partial charge in [-0.2, -0.15) is 0 Å². The number of fused-ring (bicyclic) bond motifs is 1. The number of rotatable bonds is 3. The van der Waals surface area contributed by atoms with Crippen molar-refractivity contribution in [2.45, 2.75) is 6.54 Å². The van der Waals surface area contributed by atoms with Crippen LogP contribution in [-0.4, -0.2) is 38.3 Å². The van der Waals surface area contributed by atoms with Gasteiger partial charge in [-0.05, 0) is 11.6 Å². The number of sulfonamides is 1. The highest BCUT2D eigenvalue weighted by molar-refractivity contribution is 7.93. The van der Waals surface area contributed by atoms with Crippen molar-refractivity contribution < 1.29 is 18.3 Å². The van der Waals surface area contributed by atoms with Crippen LogP contribution in [0.15, 0.2) is 24.3 Å². The number of carboxylic acid groups (broad SMARTS) is 1. The Labute approximate surface area is 105 Å². The summed E-state index contributed by atoms with van der Waals surface area (Å²) in [6, 6.07) is 7.10. The second kappa shape index (κ2) is 4.95. The predicted octanol–water partition coefficient (Wildman–Crippen LogP) is 0.0106. The summed E-state index contributed by atoms with van der Waals surface area (Å²) < 4.78 is 25.2. The molecule has 6 nitrogen and oxygen atoms in total. The fourth-order valence-corrected chi connectivity index (χ4v) is 3.27. The van der Waals surface area contributed by atoms with Crippen LogP contribution in [0.25, 0.3) is 0 Å². The zero-order valence-electron chi connectivity index (χ0n) is 9.67. The number of aliphatic carboxylic acids is 1. The molecule has 1 aliphatic rings. The zero-order valence-corrected chi connectivity index (χ0v) is 10.5. The van der Waals surface area contributed by atoms with Gasteiger partial charge < -0.3 is 10.4 Å². The minimum Gasteiger partial charge on any atom is -0.480 e. The number of benzene rings is 1. The van der Waals surface area contributed by atoms with Gasteiger partial charge in [0.05, 0.1) is 5.69 Å². The van der Waals surface area contributed by atoms with E-state index in [4.69, 9.17) is 5.11 Å². The Kier molecular flexibility index (Phi) is 3.53. The number of carbonyl (C=O) groups is 1. The largest absolute Gasteiger partial charge is 0.480 e. The number of hydrogen-bond donors (Lipinski definition) is 2. The molecule has 2 rings (SSSR count). The van der Waals surface area contributed by atoms with Crippen LogP contribution >= 0.6 is 0 Å². The average Bonchev–Trinajstić information content (AvgIpc) is 2.49. The van der Waals surface area contributed by atoms with Crippen LogP contribution in [0.4, 0.5) is 5.69 Å². The van der Waals surface area contributed by atoms with E-state index in [-0.39, 0.29) is 6.54 Å². The van der Waals surface area contributed by atoms with E-state index >= 15 is 0 Å². The molecule has 18 heavy (non-hydrogen) atoms. The van der Waals surface area contributed by atoms with Gasteiger partial charge in [-0.15, -0.1) is 0 Å². The molecule has 0 saturated heterocycles. The van der Waals surface area contributed by atoms with Gasteiger partial charge in [0.1, 0.15) is 0 Å². The van der Waals surface area contributed by atoms with Gasteiger partial charge in [-0.25, -0.2) is 8.42 Å². The van der Waals surface area contributed by atoms with Crippen LogP contribution in [0.1, 0.15) is 5.56 Å². The van der Waals surface area contributed by atoms with Crippen LogP contribution in [-0.2, 0) is 21.4 Å². The van der Waals surface area contributed by atoms with Crippen molar-refractivity contribution >= 4 is 21.7 Å². The molecule has 0 spiro atoms. The van der Waals surface area contributed by atoms with Crippen molar-refractivity contribution in [3.8, 4) is 0 Å². The second-order valence-electron chi connectivity index (χ2n) is 4.03. The molecule has 0 radical (unpaired) electrons. The van der Waals surface area contributed by atoms with E-state index in [1.54, 1.807) is 12.1 Å². The Morgan fingerprint density at radius 2 is 2.11 bits per heavy atom. The Morgan fingerprint density at radius 1 is 1.39 bits per heavy atom. The first-order valence-electron chi connectivity index (χ1n) is 5.51. The summed E-state index contributed by atoms with van der Waals surface area (Å²) in [5.74, 6) is -2.23. The molecule has 98 valence electrons. The van der Waals surface area contributed by atoms with E-state index in [0.717, 1.165) is 5.56 Å². The van der Waals surface area contributed by atoms with Crippen LogP contribution in [0, 0.1) is 0 Å². The maximum atomic E-state index is 12.0. The van der Waals surface area contributed by atoms with E-state index in [9.17, 15) is 13.2 Å². The van der Waals surface area contributed by atoms with Crippen molar-refractivity contribution in [2.75, 3.05) is 23.1 Å². The second-order valence-corrected chi connectivity index (χ2v) is 5.92. The van der Waals surface area contributed by atoms with Gasteiger partial charge >= 0.3 is 5.97 Å². The highest BCUT2D eigenvalue weighted by Crippen LogP contribution is 2.24. The van der Waals surface area contributed by atoms with Gasteiger partial charge in [0.25, 0.3) is 0 Å². The van der Waals surface area contributed by atoms with Crippen LogP contribution in [0.5, 0.6) is 0 Å². The molecule has 1 heterocycles. The molecule has 0 aromatic heterocycles. The zero-order chi connectivity index (χ0) is 13.2. The highest BCUT2D eigenvalue weighted by Gasteiger charge is 2.28. The van der Waals surface area contributed by atoms with Gasteiger partial charge in [0.15, 0.2) is 5.75 Å². The number of nitrogens with zero attached hydrogens (tertiary/aromatic N) is 1. The lowest BCUT2D eigenvalue weighted by atomic mass is 10.2. The van der Waals surface area contributed by atoms with Gasteiger partial charge in [-0.3, -0.25) is 9.10 Å². The molecule has 0 aliphatic carbocycles. The van der Waals surface area contributed by atoms with Crippen molar-refractivity contribution in [3.05, 3.63) is 29.8 Å². The molecule has 0 saturated carbocycles. The predicted molar refractivity (Wildman–Crippen MR) is 66.9 cm³/mol. The van der Waals surface area contributed by atoms with Crippen LogP contribution in [0.3, 0.4) is 0 Å². The Hall–Kier alpha value is -1.60. The topological polar surface area (TPSA) is 86.7 Å². The van der Waals surface area contributed by atoms with E-state index in [1.165, 1.54) is 4.31 Å². The average molecular weight is 270 g/mol. The molecule has 0 amide bonds. The fourth-order valence-electron chi connectivity index (χ4n) is 1.95. The summed E-state index contributed by atoms with van der Waals surface area (Å²) in [5.41, 5.74) is 1.41. The lowest BCUT2D eigenvalue weighted by Crippen LogP contribution is -2.38. The molecule has 1 aliphatic heterocycles. The number of nitrogens with one attached hydrogen (secondary N) is 1. The number of carboxylic acids is 1. The van der Waals surface area contributed by atoms with E-state index in [2.05, 4.69) is 5.32 Å². The van der Waals surface area contributed by atoms with Crippen LogP contribution in [0.2, 0.25) is 0 Å². The lowest BCUT2D eigenvalue weighted by Gasteiger charge is -2.23. The summed E-state index contributed by atoms with van der Waals surface area (Å²) >= 11 is 0. The quantitative estimate of drug-likeness (QED) is 0.808. The summed E-state index contributed by atoms with van der Waals surface area (Å²) in [6.45, 7) is 1.31. The molecule has 0 atom stereocenters. The summed E-state index contributed by atoms with van der Waals surface area (Å²) in [7, 11) is -3.83. The minimum atomic E-state index is -3.83. The molecular formula is C11H14N2O4S. The molecule has 1 aromatic rings. The third-order valence-electron chi connectivity index (χ3n) is 2.71. The Balaban J connectivity index is 2.42. The Bertz CT molecular complexity index is 556. The van der Waals surface area contributed by atoms with Crippen molar-refractivity contribution in [2.24, 2.45) is 0 Å². The van der Waals surface area contributed by atoms with Crippen molar-refractivity contribution in [3.63, 3.8) is 0 Å². The van der Waals surface area contributed by atoms with Crippen molar-refractivity contribution in [1.82, 2.24) is 5.32 Å². The van der Waals surface area contributed by atoms with E-state index < -0.39 is 21.7 Å². The number of hydrogen-bond acceptors (Lipinski definition) is 4. The standard InChI is InChI=1S/C11H14N2O4S/c14-11(15)8-18(16,17)13-6-5-12-7-9-3-1-2-4-10(9)13/h1-4,12H,5-8H2,(H,14,15). The molecule has 2 N–H and O–H groups in total. The molecule has 0 unspecified atom stereocenters. The normalized spacial score (nSPS) is 15.9. The summed E-state index contributed by atoms with van der Waals surface area (Å²) in [5, 5.41) is 11.8. The van der Waals surface area contributed by atoms with Gasteiger partial charge in [-0.1, -0.05) is 18.2 Å². The maximum Gasteiger partial charge on any atom is 0.320 e. The number of para-hydroxylation sites is 1. The first-order chi connectivity index (χ1) is 8.50. The molecular weight excluding hydrogens is 256 g/mol. The lowest BCUT2D eigenvalue weighted by molar-refractivity contribution is -0.134. The Morgan fingerprint density at radius 3 is 2.83 bits per heavy atom. The molecule has 7 heteroatoms. The van der Waals surface area contributed by atoms with E-state index in [1.807, 2.05) is 12.1 Å². The molecule has 0 bridgehead atoms. The summed E-state index contributed by atoms with van der Waals surface area (Å²) in [4.78, 5) is 10.6. The van der Waals surface area contributed by atoms with E-state index in [0.29, 0.717) is 18.8 Å². The first-order valence-corrected chi connectivity index (χ1v) is 7.12. The minimum absolute atomic E-state index is 0.243. The third-order valence-corrected chi connectivity index (χ3v) is 4.37. The van der Waals surface area contributed by atoms with Crippen molar-refractivity contribution in [1.29, 1.82) is 0 Å². The van der Waals surface area contributed by atoms with Crippen LogP contribution < -0.4 is 9.62 Å².